The third kappa shape index (κ3) is 5.55. The summed E-state index contributed by atoms with van der Waals surface area (Å²) in [5.41, 5.74) is 1.27. The number of aromatic nitrogens is 3. The number of pyridine rings is 1. The molecule has 0 amide bonds. The van der Waals surface area contributed by atoms with E-state index in [9.17, 15) is 9.90 Å². The molecule has 0 aliphatic rings. The van der Waals surface area contributed by atoms with E-state index < -0.39 is 12.1 Å². The molecular weight excluding hydrogens is 362 g/mol. The first kappa shape index (κ1) is 19.4. The quantitative estimate of drug-likeness (QED) is 0.345. The summed E-state index contributed by atoms with van der Waals surface area (Å²) in [6.45, 7) is 2.48. The number of benzene rings is 1. The van der Waals surface area contributed by atoms with Gasteiger partial charge in [0, 0.05) is 18.1 Å². The Bertz CT molecular complexity index is 897. The predicted molar refractivity (Wildman–Crippen MR) is 106 cm³/mol. The molecule has 2 aromatic heterocycles. The number of carbonyl (C=O) groups excluding carboxylic acids is 1. The van der Waals surface area contributed by atoms with E-state index >= 15 is 0 Å². The molecule has 1 atom stereocenters. The Morgan fingerprint density at radius 2 is 2.15 bits per heavy atom. The Labute approximate surface area is 162 Å². The number of fused-ring (bicyclic) bond motifs is 1. The molecule has 3 aromatic rings. The molecule has 2 heterocycles. The zero-order valence-corrected chi connectivity index (χ0v) is 16.1. The van der Waals surface area contributed by atoms with Crippen molar-refractivity contribution in [3.63, 3.8) is 0 Å². The van der Waals surface area contributed by atoms with E-state index in [1.807, 2.05) is 24.3 Å². The van der Waals surface area contributed by atoms with Crippen LogP contribution < -0.4 is 0 Å². The Hall–Kier alpha value is -2.38. The van der Waals surface area contributed by atoms with Crippen LogP contribution in [0.2, 0.25) is 0 Å². The van der Waals surface area contributed by atoms with Crippen LogP contribution in [-0.4, -0.2) is 44.1 Å². The van der Waals surface area contributed by atoms with Crippen molar-refractivity contribution in [2.45, 2.75) is 37.4 Å². The van der Waals surface area contributed by atoms with Crippen LogP contribution in [0.15, 0.2) is 53.9 Å². The van der Waals surface area contributed by atoms with Gasteiger partial charge in [-0.25, -0.2) is 14.8 Å². The number of ether oxygens (including phenoxy) is 1. The number of aliphatic hydroxyl groups is 1. The van der Waals surface area contributed by atoms with Gasteiger partial charge in [-0.2, -0.15) is 0 Å². The van der Waals surface area contributed by atoms with Crippen molar-refractivity contribution in [3.8, 4) is 0 Å². The minimum atomic E-state index is -0.487. The maximum Gasteiger partial charge on any atom is 0.358 e. The van der Waals surface area contributed by atoms with Crippen LogP contribution in [0.25, 0.3) is 10.9 Å². The average Bonchev–Trinajstić information content (AvgIpc) is 3.14. The molecule has 142 valence electrons. The number of hydrogen-bond donors (Lipinski definition) is 1. The topological polar surface area (TPSA) is 77.2 Å². The number of rotatable bonds is 9. The molecule has 3 rings (SSSR count). The molecule has 0 bridgehead atoms. The van der Waals surface area contributed by atoms with Gasteiger partial charge in [0.25, 0.3) is 0 Å². The third-order valence-corrected chi connectivity index (χ3v) is 5.06. The summed E-state index contributed by atoms with van der Waals surface area (Å²) in [4.78, 5) is 20.3. The number of aliphatic hydroxyl groups excluding tert-OH is 1. The minimum absolute atomic E-state index is 0.266. The lowest BCUT2D eigenvalue weighted by molar-refractivity contribution is 0.0519. The Kier molecular flexibility index (Phi) is 6.84. The molecule has 0 saturated carbocycles. The second-order valence-electron chi connectivity index (χ2n) is 6.16. The van der Waals surface area contributed by atoms with Crippen molar-refractivity contribution >= 4 is 28.6 Å². The highest BCUT2D eigenvalue weighted by Gasteiger charge is 2.12. The molecule has 0 saturated heterocycles. The molecule has 0 unspecified atom stereocenters. The minimum Gasteiger partial charge on any atom is -0.461 e. The van der Waals surface area contributed by atoms with Gasteiger partial charge in [0.2, 0.25) is 0 Å². The van der Waals surface area contributed by atoms with Gasteiger partial charge in [0.05, 0.1) is 29.6 Å². The summed E-state index contributed by atoms with van der Waals surface area (Å²) in [5, 5.41) is 12.3. The molecule has 0 fully saturated rings. The van der Waals surface area contributed by atoms with Crippen molar-refractivity contribution in [1.82, 2.24) is 14.5 Å². The summed E-state index contributed by atoms with van der Waals surface area (Å²) >= 11 is 1.69. The lowest BCUT2D eigenvalue weighted by Gasteiger charge is -2.10. The van der Waals surface area contributed by atoms with Gasteiger partial charge >= 0.3 is 5.97 Å². The van der Waals surface area contributed by atoms with E-state index in [-0.39, 0.29) is 5.69 Å². The number of thioether (sulfide) groups is 1. The SMILES string of the molecule is CCOC(=O)c1cn(C[C@@H](O)CCCSc2ccc3ccccc3n2)cn1. The normalized spacial score (nSPS) is 12.2. The van der Waals surface area contributed by atoms with Crippen molar-refractivity contribution in [2.75, 3.05) is 12.4 Å². The van der Waals surface area contributed by atoms with Crippen LogP contribution in [0, 0.1) is 0 Å². The lowest BCUT2D eigenvalue weighted by atomic mass is 10.2. The fourth-order valence-corrected chi connectivity index (χ4v) is 3.58. The number of hydrogen-bond acceptors (Lipinski definition) is 6. The summed E-state index contributed by atoms with van der Waals surface area (Å²) in [7, 11) is 0. The van der Waals surface area contributed by atoms with Gasteiger partial charge in [-0.05, 0) is 37.7 Å². The van der Waals surface area contributed by atoms with Gasteiger partial charge in [-0.1, -0.05) is 24.3 Å². The monoisotopic (exact) mass is 385 g/mol. The lowest BCUT2D eigenvalue weighted by Crippen LogP contribution is -2.15. The van der Waals surface area contributed by atoms with Gasteiger partial charge in [0.15, 0.2) is 5.69 Å². The summed E-state index contributed by atoms with van der Waals surface area (Å²) in [6.07, 6.45) is 4.21. The van der Waals surface area contributed by atoms with Crippen molar-refractivity contribution in [2.24, 2.45) is 0 Å². The average molecular weight is 385 g/mol. The first-order valence-corrected chi connectivity index (χ1v) is 10.00. The second kappa shape index (κ2) is 9.53. The number of imidazole rings is 1. The standard InChI is InChI=1S/C20H23N3O3S/c1-2-26-20(25)18-13-23(14-21-18)12-16(24)7-5-11-27-19-10-9-15-6-3-4-8-17(15)22-19/h3-4,6,8-10,13-14,16,24H,2,5,7,11-12H2,1H3/t16-/m0/s1. The van der Waals surface area contributed by atoms with Crippen LogP contribution in [0.1, 0.15) is 30.3 Å². The van der Waals surface area contributed by atoms with E-state index in [0.29, 0.717) is 19.6 Å². The summed E-state index contributed by atoms with van der Waals surface area (Å²) in [6, 6.07) is 12.2. The largest absolute Gasteiger partial charge is 0.461 e. The fraction of sp³-hybridized carbons (Fsp3) is 0.350. The first-order valence-electron chi connectivity index (χ1n) is 9.01. The van der Waals surface area contributed by atoms with Gasteiger partial charge < -0.3 is 14.4 Å². The number of nitrogens with zero attached hydrogens (tertiary/aromatic N) is 3. The highest BCUT2D eigenvalue weighted by Crippen LogP contribution is 2.21. The number of esters is 1. The van der Waals surface area contributed by atoms with Crippen molar-refractivity contribution < 1.29 is 14.6 Å². The Balaban J connectivity index is 1.41. The molecule has 1 aromatic carbocycles. The van der Waals surface area contributed by atoms with Gasteiger partial charge in [-0.15, -0.1) is 11.8 Å². The van der Waals surface area contributed by atoms with Gasteiger partial charge in [0.1, 0.15) is 0 Å². The Morgan fingerprint density at radius 3 is 3.00 bits per heavy atom. The van der Waals surface area contributed by atoms with Crippen LogP contribution in [0.4, 0.5) is 0 Å². The smallest absolute Gasteiger partial charge is 0.358 e. The molecular formula is C20H23N3O3S. The maximum atomic E-state index is 11.6. The summed E-state index contributed by atoms with van der Waals surface area (Å²) < 4.78 is 6.63. The van der Waals surface area contributed by atoms with Crippen LogP contribution >= 0.6 is 11.8 Å². The number of carbonyl (C=O) groups is 1. The van der Waals surface area contributed by atoms with Crippen LogP contribution in [0.3, 0.4) is 0 Å². The highest BCUT2D eigenvalue weighted by molar-refractivity contribution is 7.99. The van der Waals surface area contributed by atoms with Crippen LogP contribution in [0.5, 0.6) is 0 Å². The molecule has 7 heteroatoms. The van der Waals surface area contributed by atoms with E-state index in [4.69, 9.17) is 4.74 Å². The molecule has 6 nitrogen and oxygen atoms in total. The predicted octanol–water partition coefficient (Wildman–Crippen LogP) is 3.54. The third-order valence-electron chi connectivity index (χ3n) is 4.04. The fourth-order valence-electron chi connectivity index (χ4n) is 2.73. The second-order valence-corrected chi connectivity index (χ2v) is 7.28. The zero-order chi connectivity index (χ0) is 19.1. The van der Waals surface area contributed by atoms with E-state index in [1.54, 1.807) is 35.8 Å². The van der Waals surface area contributed by atoms with E-state index in [1.165, 1.54) is 0 Å². The zero-order valence-electron chi connectivity index (χ0n) is 15.2. The van der Waals surface area contributed by atoms with Crippen molar-refractivity contribution in [3.05, 3.63) is 54.6 Å². The molecule has 27 heavy (non-hydrogen) atoms. The highest BCUT2D eigenvalue weighted by atomic mass is 32.2. The molecule has 1 N–H and O–H groups in total. The van der Waals surface area contributed by atoms with E-state index in [0.717, 1.165) is 28.1 Å². The van der Waals surface area contributed by atoms with Crippen LogP contribution in [-0.2, 0) is 11.3 Å². The van der Waals surface area contributed by atoms with E-state index in [2.05, 4.69) is 22.1 Å². The van der Waals surface area contributed by atoms with Crippen molar-refractivity contribution in [1.29, 1.82) is 0 Å². The maximum absolute atomic E-state index is 11.6. The molecule has 0 aliphatic heterocycles. The summed E-state index contributed by atoms with van der Waals surface area (Å²) in [5.74, 6) is 0.449. The molecule has 0 radical (unpaired) electrons. The molecule has 0 aliphatic carbocycles. The number of para-hydroxylation sites is 1. The van der Waals surface area contributed by atoms with Gasteiger partial charge in [-0.3, -0.25) is 0 Å². The Morgan fingerprint density at radius 1 is 1.30 bits per heavy atom. The first-order chi connectivity index (χ1) is 13.2. The molecule has 0 spiro atoms.